The van der Waals surface area contributed by atoms with Crippen LogP contribution < -0.4 is 4.90 Å². The van der Waals surface area contributed by atoms with E-state index in [1.165, 1.54) is 16.0 Å². The number of nitrogens with zero attached hydrogens (tertiary/aromatic N) is 3. The topological polar surface area (TPSA) is 56.7 Å². The highest BCUT2D eigenvalue weighted by Crippen LogP contribution is 2.28. The summed E-state index contributed by atoms with van der Waals surface area (Å²) in [4.78, 5) is 20.3. The van der Waals surface area contributed by atoms with Gasteiger partial charge in [-0.05, 0) is 43.2 Å². The van der Waals surface area contributed by atoms with Crippen LogP contribution in [0.2, 0.25) is 0 Å². The molecular weight excluding hydrogens is 370 g/mol. The maximum atomic E-state index is 11.0. The van der Waals surface area contributed by atoms with Gasteiger partial charge in [0.05, 0.1) is 22.1 Å². The Morgan fingerprint density at radius 1 is 1.14 bits per heavy atom. The summed E-state index contributed by atoms with van der Waals surface area (Å²) in [6.07, 6.45) is 0.0762. The Labute approximate surface area is 169 Å². The molecule has 0 bridgehead atoms. The quantitative estimate of drug-likeness (QED) is 0.707. The van der Waals surface area contributed by atoms with E-state index in [1.807, 2.05) is 23.7 Å². The van der Waals surface area contributed by atoms with Crippen molar-refractivity contribution in [1.29, 1.82) is 0 Å². The van der Waals surface area contributed by atoms with E-state index in [-0.39, 0.29) is 6.42 Å². The van der Waals surface area contributed by atoms with Crippen molar-refractivity contribution in [2.75, 3.05) is 18.0 Å². The number of thiazole rings is 1. The minimum Gasteiger partial charge on any atom is -0.481 e. The number of carboxylic acids is 1. The molecule has 1 N–H and O–H groups in total. The summed E-state index contributed by atoms with van der Waals surface area (Å²) in [6.45, 7) is 7.34. The van der Waals surface area contributed by atoms with Crippen LogP contribution in [0.15, 0.2) is 48.0 Å². The number of aromatic nitrogens is 1. The van der Waals surface area contributed by atoms with Crippen LogP contribution in [0.3, 0.4) is 0 Å². The zero-order valence-electron chi connectivity index (χ0n) is 16.2. The SMILES string of the molecule is C[C@@H]1CN(c2ccc3ncsc3c2)C[C@H](C)N1Cc1cccc(CC(=O)O)c1. The fraction of sp³-hybridized carbons (Fsp3) is 0.364. The molecule has 0 aliphatic carbocycles. The Balaban J connectivity index is 1.47. The van der Waals surface area contributed by atoms with Gasteiger partial charge >= 0.3 is 5.97 Å². The number of piperazine rings is 1. The highest BCUT2D eigenvalue weighted by Gasteiger charge is 2.29. The first-order valence-corrected chi connectivity index (χ1v) is 10.5. The highest BCUT2D eigenvalue weighted by molar-refractivity contribution is 7.16. The van der Waals surface area contributed by atoms with Gasteiger partial charge in [-0.15, -0.1) is 11.3 Å². The lowest BCUT2D eigenvalue weighted by molar-refractivity contribution is -0.136. The van der Waals surface area contributed by atoms with E-state index in [0.29, 0.717) is 12.1 Å². The van der Waals surface area contributed by atoms with E-state index in [2.05, 4.69) is 52.9 Å². The summed E-state index contributed by atoms with van der Waals surface area (Å²) < 4.78 is 1.23. The number of aliphatic carboxylic acids is 1. The molecule has 1 aliphatic heterocycles. The Bertz CT molecular complexity index is 975. The summed E-state index contributed by atoms with van der Waals surface area (Å²) in [5.41, 5.74) is 6.27. The van der Waals surface area contributed by atoms with Gasteiger partial charge in [0.1, 0.15) is 0 Å². The normalized spacial score (nSPS) is 20.6. The van der Waals surface area contributed by atoms with Gasteiger partial charge < -0.3 is 10.0 Å². The number of hydrogen-bond acceptors (Lipinski definition) is 5. The van der Waals surface area contributed by atoms with Gasteiger partial charge in [0.15, 0.2) is 0 Å². The second-order valence-electron chi connectivity index (χ2n) is 7.67. The second-order valence-corrected chi connectivity index (χ2v) is 8.56. The van der Waals surface area contributed by atoms with Crippen LogP contribution in [0.1, 0.15) is 25.0 Å². The highest BCUT2D eigenvalue weighted by atomic mass is 32.1. The average Bonchev–Trinajstić information content (AvgIpc) is 3.12. The molecule has 0 unspecified atom stereocenters. The average molecular weight is 396 g/mol. The molecule has 146 valence electrons. The number of carbonyl (C=O) groups is 1. The zero-order chi connectivity index (χ0) is 19.7. The maximum absolute atomic E-state index is 11.0. The Kier molecular flexibility index (Phi) is 5.33. The molecule has 0 amide bonds. The first kappa shape index (κ1) is 18.9. The summed E-state index contributed by atoms with van der Waals surface area (Å²) in [7, 11) is 0. The van der Waals surface area contributed by atoms with Gasteiger partial charge in [-0.25, -0.2) is 4.98 Å². The second kappa shape index (κ2) is 7.89. The van der Waals surface area contributed by atoms with Gasteiger partial charge in [0.2, 0.25) is 0 Å². The Hall–Kier alpha value is -2.44. The molecule has 1 aromatic heterocycles. The number of anilines is 1. The van der Waals surface area contributed by atoms with Gasteiger partial charge in [0, 0.05) is 37.4 Å². The molecule has 2 aromatic carbocycles. The molecule has 28 heavy (non-hydrogen) atoms. The predicted molar refractivity (Wildman–Crippen MR) is 114 cm³/mol. The molecule has 1 saturated heterocycles. The van der Waals surface area contributed by atoms with Crippen LogP contribution in [0.25, 0.3) is 10.2 Å². The third-order valence-electron chi connectivity index (χ3n) is 5.49. The first-order chi connectivity index (χ1) is 13.5. The fourth-order valence-corrected chi connectivity index (χ4v) is 4.85. The Morgan fingerprint density at radius 3 is 2.64 bits per heavy atom. The van der Waals surface area contributed by atoms with Crippen molar-refractivity contribution >= 4 is 33.2 Å². The van der Waals surface area contributed by atoms with Crippen molar-refractivity contribution in [2.24, 2.45) is 0 Å². The molecule has 2 atom stereocenters. The molecular formula is C22H25N3O2S. The largest absolute Gasteiger partial charge is 0.481 e. The van der Waals surface area contributed by atoms with E-state index in [0.717, 1.165) is 30.7 Å². The van der Waals surface area contributed by atoms with Crippen molar-refractivity contribution in [3.05, 3.63) is 59.1 Å². The van der Waals surface area contributed by atoms with Crippen molar-refractivity contribution in [3.63, 3.8) is 0 Å². The van der Waals surface area contributed by atoms with Gasteiger partial charge in [-0.1, -0.05) is 24.3 Å². The van der Waals surface area contributed by atoms with Crippen LogP contribution >= 0.6 is 11.3 Å². The molecule has 1 aliphatic rings. The summed E-state index contributed by atoms with van der Waals surface area (Å²) >= 11 is 1.68. The van der Waals surface area contributed by atoms with Gasteiger partial charge in [0.25, 0.3) is 0 Å². The summed E-state index contributed by atoms with van der Waals surface area (Å²) in [6, 6.07) is 15.3. The minimum atomic E-state index is -0.787. The van der Waals surface area contributed by atoms with Gasteiger partial charge in [-0.3, -0.25) is 9.69 Å². The standard InChI is InChI=1S/C22H25N3O2S/c1-15-11-24(19-6-7-20-21(10-19)28-14-23-20)12-16(2)25(15)13-18-5-3-4-17(8-18)9-22(26)27/h3-8,10,14-16H,9,11-13H2,1-2H3,(H,26,27)/t15-,16+. The van der Waals surface area contributed by atoms with E-state index in [4.69, 9.17) is 5.11 Å². The molecule has 1 fully saturated rings. The first-order valence-electron chi connectivity index (χ1n) is 9.63. The number of fused-ring (bicyclic) bond motifs is 1. The number of benzene rings is 2. The lowest BCUT2D eigenvalue weighted by Gasteiger charge is -2.45. The van der Waals surface area contributed by atoms with Crippen LogP contribution in [0.5, 0.6) is 0 Å². The molecule has 0 saturated carbocycles. The molecule has 5 nitrogen and oxygen atoms in total. The molecule has 2 heterocycles. The molecule has 3 aromatic rings. The van der Waals surface area contributed by atoms with E-state index in [1.54, 1.807) is 11.3 Å². The fourth-order valence-electron chi connectivity index (χ4n) is 4.14. The molecule has 0 radical (unpaired) electrons. The van der Waals surface area contributed by atoms with Gasteiger partial charge in [-0.2, -0.15) is 0 Å². The van der Waals surface area contributed by atoms with Crippen molar-refractivity contribution in [2.45, 2.75) is 38.9 Å². The minimum absolute atomic E-state index is 0.0762. The van der Waals surface area contributed by atoms with E-state index < -0.39 is 5.97 Å². The smallest absolute Gasteiger partial charge is 0.307 e. The number of hydrogen-bond donors (Lipinski definition) is 1. The van der Waals surface area contributed by atoms with Crippen molar-refractivity contribution < 1.29 is 9.90 Å². The lowest BCUT2D eigenvalue weighted by Crippen LogP contribution is -2.56. The van der Waals surface area contributed by atoms with Crippen LogP contribution in [-0.2, 0) is 17.8 Å². The number of rotatable bonds is 5. The van der Waals surface area contributed by atoms with E-state index >= 15 is 0 Å². The zero-order valence-corrected chi connectivity index (χ0v) is 17.0. The third kappa shape index (κ3) is 4.03. The van der Waals surface area contributed by atoms with Crippen LogP contribution in [0.4, 0.5) is 5.69 Å². The maximum Gasteiger partial charge on any atom is 0.307 e. The van der Waals surface area contributed by atoms with E-state index in [9.17, 15) is 4.79 Å². The third-order valence-corrected chi connectivity index (χ3v) is 6.29. The predicted octanol–water partition coefficient (Wildman–Crippen LogP) is 4.02. The lowest BCUT2D eigenvalue weighted by atomic mass is 10.0. The van der Waals surface area contributed by atoms with Crippen LogP contribution in [0, 0.1) is 0 Å². The Morgan fingerprint density at radius 2 is 1.89 bits per heavy atom. The van der Waals surface area contributed by atoms with Crippen LogP contribution in [-0.4, -0.2) is 46.1 Å². The van der Waals surface area contributed by atoms with Crippen molar-refractivity contribution in [1.82, 2.24) is 9.88 Å². The monoisotopic (exact) mass is 395 g/mol. The summed E-state index contributed by atoms with van der Waals surface area (Å²) in [5.74, 6) is -0.787. The summed E-state index contributed by atoms with van der Waals surface area (Å²) in [5, 5.41) is 9.03. The molecule has 4 rings (SSSR count). The van der Waals surface area contributed by atoms with Crippen molar-refractivity contribution in [3.8, 4) is 0 Å². The molecule has 6 heteroatoms. The molecule has 0 spiro atoms. The number of carboxylic acid groups (broad SMARTS) is 1.